The summed E-state index contributed by atoms with van der Waals surface area (Å²) in [5.41, 5.74) is 4.33. The van der Waals surface area contributed by atoms with Crippen LogP contribution in [0.1, 0.15) is 29.5 Å². The van der Waals surface area contributed by atoms with Crippen molar-refractivity contribution in [2.45, 2.75) is 39.0 Å². The molecule has 2 heterocycles. The summed E-state index contributed by atoms with van der Waals surface area (Å²) in [5, 5.41) is 4.87. The van der Waals surface area contributed by atoms with Crippen LogP contribution in [-0.4, -0.2) is 34.0 Å². The number of ether oxygens (including phenoxy) is 1. The van der Waals surface area contributed by atoms with Crippen LogP contribution >= 0.6 is 11.6 Å². The minimum absolute atomic E-state index is 0.245. The Morgan fingerprint density at radius 3 is 2.32 bits per heavy atom. The van der Waals surface area contributed by atoms with Crippen molar-refractivity contribution < 1.29 is 4.74 Å². The average molecular weight is 473 g/mol. The summed E-state index contributed by atoms with van der Waals surface area (Å²) in [6.07, 6.45) is 2.13. The monoisotopic (exact) mass is 472 g/mol. The number of piperidine rings is 1. The third-order valence-corrected chi connectivity index (χ3v) is 6.55. The van der Waals surface area contributed by atoms with Crippen LogP contribution in [0.5, 0.6) is 5.75 Å². The molecule has 0 amide bonds. The minimum atomic E-state index is 0.245. The second kappa shape index (κ2) is 10.4. The van der Waals surface area contributed by atoms with Crippen molar-refractivity contribution in [2.24, 2.45) is 0 Å². The predicted octanol–water partition coefficient (Wildman–Crippen LogP) is 6.25. The van der Waals surface area contributed by atoms with Crippen LogP contribution < -0.4 is 10.1 Å². The molecule has 1 aliphatic rings. The third-order valence-electron chi connectivity index (χ3n) is 6.38. The molecule has 174 valence electrons. The highest BCUT2D eigenvalue weighted by atomic mass is 35.5. The Kier molecular flexibility index (Phi) is 6.93. The van der Waals surface area contributed by atoms with Crippen molar-refractivity contribution in [3.05, 3.63) is 94.8 Å². The van der Waals surface area contributed by atoms with E-state index in [1.54, 1.807) is 0 Å². The summed E-state index contributed by atoms with van der Waals surface area (Å²) in [7, 11) is 0. The van der Waals surface area contributed by atoms with E-state index >= 15 is 0 Å². The number of nitrogens with zero attached hydrogens (tertiary/aromatic N) is 3. The second-order valence-corrected chi connectivity index (χ2v) is 9.27. The van der Waals surface area contributed by atoms with Crippen molar-refractivity contribution in [3.8, 4) is 5.75 Å². The van der Waals surface area contributed by atoms with Gasteiger partial charge >= 0.3 is 0 Å². The molecule has 1 saturated heterocycles. The maximum Gasteiger partial charge on any atom is 0.224 e. The van der Waals surface area contributed by atoms with Crippen LogP contribution in [0.3, 0.4) is 0 Å². The lowest BCUT2D eigenvalue weighted by Crippen LogP contribution is -2.38. The Morgan fingerprint density at radius 2 is 1.62 bits per heavy atom. The molecule has 1 N–H and O–H groups in total. The van der Waals surface area contributed by atoms with Crippen LogP contribution in [0.4, 0.5) is 5.82 Å². The number of benzene rings is 3. The van der Waals surface area contributed by atoms with E-state index in [-0.39, 0.29) is 5.28 Å². The Balaban J connectivity index is 1.27. The molecule has 4 aromatic rings. The summed E-state index contributed by atoms with van der Waals surface area (Å²) in [6.45, 7) is 5.68. The number of nitrogens with one attached hydrogen (secondary N) is 1. The quantitative estimate of drug-likeness (QED) is 0.322. The standard InChI is InChI=1S/C28H29ClN4O/c1-20-16-24-25(17-26(20)34-19-22-10-6-3-7-11-22)31-28(29)32-27(24)30-23-12-14-33(15-13-23)18-21-8-4-2-5-9-21/h2-11,16-17,23H,12-15,18-19H2,1H3,(H,30,31,32). The molecule has 0 aliphatic carbocycles. The molecule has 34 heavy (non-hydrogen) atoms. The summed E-state index contributed by atoms with van der Waals surface area (Å²) in [6, 6.07) is 25.2. The Labute approximate surface area is 205 Å². The first kappa shape index (κ1) is 22.6. The molecule has 0 atom stereocenters. The largest absolute Gasteiger partial charge is 0.489 e. The second-order valence-electron chi connectivity index (χ2n) is 8.93. The van der Waals surface area contributed by atoms with E-state index in [9.17, 15) is 0 Å². The zero-order valence-corrected chi connectivity index (χ0v) is 20.1. The molecule has 0 bridgehead atoms. The van der Waals surface area contributed by atoms with Gasteiger partial charge in [0, 0.05) is 37.1 Å². The van der Waals surface area contributed by atoms with Gasteiger partial charge in [-0.25, -0.2) is 9.97 Å². The summed E-state index contributed by atoms with van der Waals surface area (Å²) in [4.78, 5) is 11.5. The third kappa shape index (κ3) is 5.49. The van der Waals surface area contributed by atoms with Gasteiger partial charge in [-0.1, -0.05) is 60.7 Å². The molecular formula is C28H29ClN4O. The molecule has 0 unspecified atom stereocenters. The maximum atomic E-state index is 6.31. The van der Waals surface area contributed by atoms with Gasteiger partial charge < -0.3 is 10.1 Å². The fraction of sp³-hybridized carbons (Fsp3) is 0.286. The number of fused-ring (bicyclic) bond motifs is 1. The van der Waals surface area contributed by atoms with Gasteiger partial charge in [0.2, 0.25) is 5.28 Å². The molecule has 0 radical (unpaired) electrons. The van der Waals surface area contributed by atoms with Crippen LogP contribution in [0.2, 0.25) is 5.28 Å². The van der Waals surface area contributed by atoms with E-state index in [1.807, 2.05) is 24.3 Å². The highest BCUT2D eigenvalue weighted by Gasteiger charge is 2.21. The van der Waals surface area contributed by atoms with Crippen LogP contribution in [0.15, 0.2) is 72.8 Å². The molecule has 1 fully saturated rings. The first-order chi connectivity index (χ1) is 16.6. The molecule has 0 saturated carbocycles. The van der Waals surface area contributed by atoms with E-state index in [0.29, 0.717) is 12.6 Å². The number of aromatic nitrogens is 2. The number of hydrogen-bond acceptors (Lipinski definition) is 5. The predicted molar refractivity (Wildman–Crippen MR) is 138 cm³/mol. The van der Waals surface area contributed by atoms with Crippen molar-refractivity contribution in [2.75, 3.05) is 18.4 Å². The summed E-state index contributed by atoms with van der Waals surface area (Å²) in [5.74, 6) is 1.61. The van der Waals surface area contributed by atoms with Gasteiger partial charge in [0.1, 0.15) is 18.2 Å². The molecule has 5 rings (SSSR count). The van der Waals surface area contributed by atoms with Crippen molar-refractivity contribution >= 4 is 28.3 Å². The SMILES string of the molecule is Cc1cc2c(NC3CCN(Cc4ccccc4)CC3)nc(Cl)nc2cc1OCc1ccccc1. The number of likely N-dealkylation sites (tertiary alicyclic amines) is 1. The van der Waals surface area contributed by atoms with Crippen LogP contribution in [0.25, 0.3) is 10.9 Å². The normalized spacial score (nSPS) is 14.9. The van der Waals surface area contributed by atoms with Crippen molar-refractivity contribution in [3.63, 3.8) is 0 Å². The van der Waals surface area contributed by atoms with Gasteiger partial charge in [0.15, 0.2) is 0 Å². The molecular weight excluding hydrogens is 444 g/mol. The number of aryl methyl sites for hydroxylation is 1. The van der Waals surface area contributed by atoms with Crippen LogP contribution in [0, 0.1) is 6.92 Å². The van der Waals surface area contributed by atoms with Crippen LogP contribution in [-0.2, 0) is 13.2 Å². The average Bonchev–Trinajstić information content (AvgIpc) is 2.86. The Bertz CT molecular complexity index is 1240. The van der Waals surface area contributed by atoms with Crippen molar-refractivity contribution in [1.82, 2.24) is 14.9 Å². The first-order valence-corrected chi connectivity index (χ1v) is 12.2. The molecule has 6 heteroatoms. The number of anilines is 1. The van der Waals surface area contributed by atoms with Gasteiger partial charge in [-0.2, -0.15) is 0 Å². The van der Waals surface area contributed by atoms with E-state index in [4.69, 9.17) is 16.3 Å². The molecule has 3 aromatic carbocycles. The van der Waals surface area contributed by atoms with Gasteiger partial charge in [-0.3, -0.25) is 4.90 Å². The minimum Gasteiger partial charge on any atom is -0.489 e. The number of rotatable bonds is 7. The molecule has 1 aliphatic heterocycles. The Hall–Kier alpha value is -3.15. The maximum absolute atomic E-state index is 6.31. The van der Waals surface area contributed by atoms with E-state index in [2.05, 4.69) is 75.6 Å². The van der Waals surface area contributed by atoms with Gasteiger partial charge in [0.05, 0.1) is 5.52 Å². The van der Waals surface area contributed by atoms with Gasteiger partial charge in [-0.15, -0.1) is 0 Å². The lowest BCUT2D eigenvalue weighted by Gasteiger charge is -2.32. The lowest BCUT2D eigenvalue weighted by molar-refractivity contribution is 0.211. The Morgan fingerprint density at radius 1 is 0.941 bits per heavy atom. The highest BCUT2D eigenvalue weighted by Crippen LogP contribution is 2.31. The lowest BCUT2D eigenvalue weighted by atomic mass is 10.0. The fourth-order valence-corrected chi connectivity index (χ4v) is 4.68. The van der Waals surface area contributed by atoms with E-state index < -0.39 is 0 Å². The van der Waals surface area contributed by atoms with Crippen molar-refractivity contribution in [1.29, 1.82) is 0 Å². The number of halogens is 1. The van der Waals surface area contributed by atoms with Gasteiger partial charge in [-0.05, 0) is 54.1 Å². The van der Waals surface area contributed by atoms with Gasteiger partial charge in [0.25, 0.3) is 0 Å². The smallest absolute Gasteiger partial charge is 0.224 e. The summed E-state index contributed by atoms with van der Waals surface area (Å²) >= 11 is 6.31. The molecule has 0 spiro atoms. The highest BCUT2D eigenvalue weighted by molar-refractivity contribution is 6.28. The molecule has 1 aromatic heterocycles. The fourth-order valence-electron chi connectivity index (χ4n) is 4.51. The summed E-state index contributed by atoms with van der Waals surface area (Å²) < 4.78 is 6.09. The zero-order valence-electron chi connectivity index (χ0n) is 19.4. The first-order valence-electron chi connectivity index (χ1n) is 11.8. The van der Waals surface area contributed by atoms with E-state index in [1.165, 1.54) is 5.56 Å². The molecule has 5 nitrogen and oxygen atoms in total. The van der Waals surface area contributed by atoms with E-state index in [0.717, 1.165) is 66.1 Å². The topological polar surface area (TPSA) is 50.3 Å². The number of hydrogen-bond donors (Lipinski definition) is 1. The zero-order chi connectivity index (χ0) is 23.3.